The lowest BCUT2D eigenvalue weighted by Gasteiger charge is -2.11. The largest absolute Gasteiger partial charge is 0.481 e. The van der Waals surface area contributed by atoms with Crippen LogP contribution in [0, 0.1) is 5.92 Å². The molecular formula is C12H23N3O6. The Kier molecular flexibility index (Phi) is 11.1. The summed E-state index contributed by atoms with van der Waals surface area (Å²) in [5.41, 5.74) is 0. The van der Waals surface area contributed by atoms with Gasteiger partial charge in [0.2, 0.25) is 0 Å². The highest BCUT2D eigenvalue weighted by atomic mass is 16.4. The molecule has 1 unspecified atom stereocenters. The number of nitrogens with one attached hydrogen (secondary N) is 3. The topological polar surface area (TPSA) is 148 Å². The SMILES string of the molecule is O=C(O)CCNCCNCCNCC(CC(=O)O)C(=O)O. The molecule has 0 aromatic rings. The fourth-order valence-electron chi connectivity index (χ4n) is 1.53. The lowest BCUT2D eigenvalue weighted by atomic mass is 10.1. The lowest BCUT2D eigenvalue weighted by molar-refractivity contribution is -0.148. The molecule has 0 amide bonds. The van der Waals surface area contributed by atoms with Gasteiger partial charge in [-0.05, 0) is 0 Å². The van der Waals surface area contributed by atoms with Crippen molar-refractivity contribution in [1.29, 1.82) is 0 Å². The van der Waals surface area contributed by atoms with Crippen LogP contribution in [0.4, 0.5) is 0 Å². The Balaban J connectivity index is 3.43. The highest BCUT2D eigenvalue weighted by molar-refractivity contribution is 5.77. The average Bonchev–Trinajstić information content (AvgIpc) is 2.38. The summed E-state index contributed by atoms with van der Waals surface area (Å²) in [7, 11) is 0. The fourth-order valence-corrected chi connectivity index (χ4v) is 1.53. The molecule has 0 aliphatic carbocycles. The van der Waals surface area contributed by atoms with Crippen LogP contribution in [-0.4, -0.2) is 72.5 Å². The first-order valence-electron chi connectivity index (χ1n) is 6.72. The van der Waals surface area contributed by atoms with Gasteiger partial charge in [0.05, 0.1) is 18.8 Å². The van der Waals surface area contributed by atoms with Gasteiger partial charge in [-0.25, -0.2) is 0 Å². The van der Waals surface area contributed by atoms with Crippen molar-refractivity contribution < 1.29 is 29.7 Å². The predicted molar refractivity (Wildman–Crippen MR) is 74.2 cm³/mol. The second-order valence-corrected chi connectivity index (χ2v) is 4.48. The van der Waals surface area contributed by atoms with Gasteiger partial charge in [-0.15, -0.1) is 0 Å². The molecule has 0 aliphatic rings. The van der Waals surface area contributed by atoms with E-state index in [4.69, 9.17) is 15.3 Å². The Hall–Kier alpha value is -1.71. The van der Waals surface area contributed by atoms with Crippen molar-refractivity contribution in [2.24, 2.45) is 5.92 Å². The monoisotopic (exact) mass is 305 g/mol. The molecule has 0 spiro atoms. The third-order valence-corrected chi connectivity index (χ3v) is 2.63. The molecule has 6 N–H and O–H groups in total. The Labute approximate surface area is 122 Å². The molecule has 9 nitrogen and oxygen atoms in total. The Morgan fingerprint density at radius 2 is 1.29 bits per heavy atom. The molecule has 0 aliphatic heterocycles. The van der Waals surface area contributed by atoms with E-state index < -0.39 is 30.2 Å². The summed E-state index contributed by atoms with van der Waals surface area (Å²) >= 11 is 0. The molecule has 0 heterocycles. The summed E-state index contributed by atoms with van der Waals surface area (Å²) in [6.07, 6.45) is -0.315. The Morgan fingerprint density at radius 3 is 1.76 bits per heavy atom. The minimum absolute atomic E-state index is 0.0850. The van der Waals surface area contributed by atoms with Crippen LogP contribution in [0.25, 0.3) is 0 Å². The highest BCUT2D eigenvalue weighted by Gasteiger charge is 2.20. The van der Waals surface area contributed by atoms with Crippen molar-refractivity contribution in [3.05, 3.63) is 0 Å². The van der Waals surface area contributed by atoms with E-state index in [1.165, 1.54) is 0 Å². The van der Waals surface area contributed by atoms with Crippen molar-refractivity contribution in [2.75, 3.05) is 39.3 Å². The molecule has 0 aromatic carbocycles. The fraction of sp³-hybridized carbons (Fsp3) is 0.750. The maximum atomic E-state index is 10.8. The summed E-state index contributed by atoms with van der Waals surface area (Å²) < 4.78 is 0. The predicted octanol–water partition coefficient (Wildman–Crippen LogP) is -1.59. The number of carboxylic acids is 3. The van der Waals surface area contributed by atoms with Gasteiger partial charge in [-0.3, -0.25) is 14.4 Å². The second kappa shape index (κ2) is 12.1. The van der Waals surface area contributed by atoms with Crippen LogP contribution in [0.15, 0.2) is 0 Å². The number of aliphatic carboxylic acids is 3. The van der Waals surface area contributed by atoms with Crippen LogP contribution >= 0.6 is 0 Å². The first kappa shape index (κ1) is 19.3. The first-order chi connectivity index (χ1) is 9.93. The zero-order valence-electron chi connectivity index (χ0n) is 11.8. The van der Waals surface area contributed by atoms with Crippen LogP contribution in [0.5, 0.6) is 0 Å². The molecule has 0 bridgehead atoms. The average molecular weight is 305 g/mol. The number of hydrogen-bond donors (Lipinski definition) is 6. The zero-order chi connectivity index (χ0) is 16.1. The van der Waals surface area contributed by atoms with E-state index in [0.29, 0.717) is 32.7 Å². The van der Waals surface area contributed by atoms with E-state index >= 15 is 0 Å². The van der Waals surface area contributed by atoms with Gasteiger partial charge in [0, 0.05) is 39.3 Å². The van der Waals surface area contributed by atoms with Crippen LogP contribution in [0.2, 0.25) is 0 Å². The molecular weight excluding hydrogens is 282 g/mol. The summed E-state index contributed by atoms with van der Waals surface area (Å²) in [6.45, 7) is 2.98. The van der Waals surface area contributed by atoms with Crippen LogP contribution in [0.3, 0.4) is 0 Å². The van der Waals surface area contributed by atoms with Gasteiger partial charge in [-0.2, -0.15) is 0 Å². The lowest BCUT2D eigenvalue weighted by Crippen LogP contribution is -2.36. The Bertz CT molecular complexity index is 337. The maximum Gasteiger partial charge on any atom is 0.308 e. The molecule has 0 fully saturated rings. The van der Waals surface area contributed by atoms with Gasteiger partial charge in [0.25, 0.3) is 0 Å². The van der Waals surface area contributed by atoms with E-state index in [1.807, 2.05) is 0 Å². The smallest absolute Gasteiger partial charge is 0.308 e. The minimum atomic E-state index is -1.13. The molecule has 0 radical (unpaired) electrons. The van der Waals surface area contributed by atoms with E-state index in [0.717, 1.165) is 0 Å². The third-order valence-electron chi connectivity index (χ3n) is 2.63. The maximum absolute atomic E-state index is 10.8. The third kappa shape index (κ3) is 13.0. The number of hydrogen-bond acceptors (Lipinski definition) is 6. The highest BCUT2D eigenvalue weighted by Crippen LogP contribution is 2.01. The van der Waals surface area contributed by atoms with E-state index in [1.54, 1.807) is 0 Å². The van der Waals surface area contributed by atoms with Crippen LogP contribution in [-0.2, 0) is 14.4 Å². The first-order valence-corrected chi connectivity index (χ1v) is 6.72. The number of carbonyl (C=O) groups is 3. The molecule has 21 heavy (non-hydrogen) atoms. The van der Waals surface area contributed by atoms with E-state index in [9.17, 15) is 14.4 Å². The van der Waals surface area contributed by atoms with E-state index in [-0.39, 0.29) is 13.0 Å². The molecule has 0 rings (SSSR count). The van der Waals surface area contributed by atoms with E-state index in [2.05, 4.69) is 16.0 Å². The molecule has 122 valence electrons. The van der Waals surface area contributed by atoms with Gasteiger partial charge in [0.1, 0.15) is 0 Å². The Morgan fingerprint density at radius 1 is 0.762 bits per heavy atom. The van der Waals surface area contributed by atoms with Gasteiger partial charge in [0.15, 0.2) is 0 Å². The van der Waals surface area contributed by atoms with Gasteiger partial charge in [-0.1, -0.05) is 0 Å². The van der Waals surface area contributed by atoms with Crippen molar-refractivity contribution in [3.8, 4) is 0 Å². The normalized spacial score (nSPS) is 12.0. The summed E-state index contributed by atoms with van der Waals surface area (Å²) in [4.78, 5) is 31.5. The van der Waals surface area contributed by atoms with Crippen molar-refractivity contribution in [3.63, 3.8) is 0 Å². The number of carboxylic acid groups (broad SMARTS) is 3. The quantitative estimate of drug-likeness (QED) is 0.209. The zero-order valence-corrected chi connectivity index (χ0v) is 11.8. The van der Waals surface area contributed by atoms with Crippen molar-refractivity contribution >= 4 is 17.9 Å². The van der Waals surface area contributed by atoms with Crippen LogP contribution in [0.1, 0.15) is 12.8 Å². The van der Waals surface area contributed by atoms with Gasteiger partial charge >= 0.3 is 17.9 Å². The molecule has 1 atom stereocenters. The molecule has 0 saturated heterocycles. The minimum Gasteiger partial charge on any atom is -0.481 e. The van der Waals surface area contributed by atoms with Gasteiger partial charge < -0.3 is 31.3 Å². The van der Waals surface area contributed by atoms with Crippen LogP contribution < -0.4 is 16.0 Å². The summed E-state index contributed by atoms with van der Waals surface area (Å²) in [5.74, 6) is -4.02. The summed E-state index contributed by atoms with van der Waals surface area (Å²) in [5, 5.41) is 34.7. The van der Waals surface area contributed by atoms with Crippen molar-refractivity contribution in [2.45, 2.75) is 12.8 Å². The molecule has 9 heteroatoms. The summed E-state index contributed by atoms with van der Waals surface area (Å²) in [6, 6.07) is 0. The standard InChI is InChI=1S/C12H23N3O6/c16-10(17)1-2-13-3-4-14-5-6-15-8-9(12(20)21)7-11(18)19/h9,13-15H,1-8H2,(H,16,17)(H,18,19)(H,20,21). The molecule has 0 aromatic heterocycles. The second-order valence-electron chi connectivity index (χ2n) is 4.48. The molecule has 0 saturated carbocycles. The van der Waals surface area contributed by atoms with Crippen molar-refractivity contribution in [1.82, 2.24) is 16.0 Å². The number of rotatable bonds is 14.